The lowest BCUT2D eigenvalue weighted by Crippen LogP contribution is -2.56. The summed E-state index contributed by atoms with van der Waals surface area (Å²) in [4.78, 5) is 64.8. The van der Waals surface area contributed by atoms with Gasteiger partial charge in [0.15, 0.2) is 5.13 Å². The first-order valence-electron chi connectivity index (χ1n) is 18.0. The molecule has 1 unspecified atom stereocenters. The Morgan fingerprint density at radius 3 is 2.62 bits per heavy atom. The Labute approximate surface area is 305 Å². The van der Waals surface area contributed by atoms with Gasteiger partial charge in [0, 0.05) is 35.2 Å². The number of thiazole rings is 1. The van der Waals surface area contributed by atoms with Crippen molar-refractivity contribution >= 4 is 51.2 Å². The van der Waals surface area contributed by atoms with Crippen molar-refractivity contribution in [2.24, 2.45) is 5.92 Å². The molecule has 2 aliphatic heterocycles. The molecule has 3 aromatic rings. The number of amides is 3. The van der Waals surface area contributed by atoms with Crippen LogP contribution in [0.2, 0.25) is 0 Å². The van der Waals surface area contributed by atoms with E-state index in [0.29, 0.717) is 51.8 Å². The number of hydrogen-bond donors (Lipinski definition) is 4. The average Bonchev–Trinajstić information content (AvgIpc) is 3.54. The number of nitrogens with one attached hydrogen (secondary N) is 2. The molecule has 0 spiro atoms. The number of carboxylic acids is 1. The molecule has 3 fully saturated rings. The predicted molar refractivity (Wildman–Crippen MR) is 193 cm³/mol. The van der Waals surface area contributed by atoms with E-state index in [2.05, 4.69) is 15.6 Å². The van der Waals surface area contributed by atoms with E-state index in [0.717, 1.165) is 44.9 Å². The molecule has 15 heteroatoms. The van der Waals surface area contributed by atoms with Crippen molar-refractivity contribution in [3.63, 3.8) is 0 Å². The van der Waals surface area contributed by atoms with Crippen LogP contribution in [0.15, 0.2) is 41.8 Å². The monoisotopic (exact) mass is 732 g/mol. The summed E-state index contributed by atoms with van der Waals surface area (Å²) < 4.78 is 17.7. The fraction of sp³-hybridized carbons (Fsp3) is 0.514. The quantitative estimate of drug-likeness (QED) is 0.243. The maximum absolute atomic E-state index is 14.5. The van der Waals surface area contributed by atoms with Crippen LogP contribution in [0.4, 0.5) is 9.93 Å². The highest BCUT2D eigenvalue weighted by atomic mass is 32.1. The number of anilines is 1. The number of methoxy groups -OCH3 is 1. The number of pyridine rings is 1. The minimum atomic E-state index is -1.45. The second-order valence-corrected chi connectivity index (χ2v) is 15.0. The standard InChI is InChI=1S/C37H44N6O8S/c1-49-23-13-14-25-27(15-23)39-28(29-20-52-35(38)40-29)17-31(25)50-24-16-30-32(44)42-37(34(46)47)18-21(37)9-5-3-2-4-6-12-26(33(45)43(30)19-24)41-36(48)51-22-10-7-8-11-22/h5,9,13-15,17,20-22,24,26,30H,2-4,6-8,10-12,16,18-19H2,1H3,(H2,38,40)(H,41,48)(H,42,44)(H,46,47)/b9-5-/t21-,24-,26-,30?,37-/m1/s1. The number of nitrogens with two attached hydrogens (primary N) is 1. The molecule has 14 nitrogen and oxygen atoms in total. The molecule has 276 valence electrons. The van der Waals surface area contributed by atoms with Gasteiger partial charge in [-0.15, -0.1) is 11.3 Å². The molecule has 52 heavy (non-hydrogen) atoms. The first-order valence-corrected chi connectivity index (χ1v) is 18.9. The minimum absolute atomic E-state index is 0.0229. The van der Waals surface area contributed by atoms with Crippen LogP contribution in [0, 0.1) is 5.92 Å². The zero-order valence-corrected chi connectivity index (χ0v) is 29.9. The Kier molecular flexibility index (Phi) is 10.2. The highest BCUT2D eigenvalue weighted by Crippen LogP contribution is 2.45. The summed E-state index contributed by atoms with van der Waals surface area (Å²) >= 11 is 1.28. The number of benzene rings is 1. The van der Waals surface area contributed by atoms with Crippen LogP contribution < -0.4 is 25.8 Å². The van der Waals surface area contributed by atoms with Crippen molar-refractivity contribution in [1.29, 1.82) is 0 Å². The van der Waals surface area contributed by atoms with Gasteiger partial charge in [0.2, 0.25) is 11.8 Å². The Morgan fingerprint density at radius 1 is 1.06 bits per heavy atom. The van der Waals surface area contributed by atoms with E-state index in [4.69, 9.17) is 24.9 Å². The normalized spacial score (nSPS) is 27.4. The number of nitrogen functional groups attached to an aromatic ring is 1. The van der Waals surface area contributed by atoms with Crippen molar-refractivity contribution < 1.29 is 38.5 Å². The van der Waals surface area contributed by atoms with Crippen molar-refractivity contribution in [3.8, 4) is 22.9 Å². The number of carbonyl (C=O) groups is 4. The Hall–Kier alpha value is -4.92. The maximum atomic E-state index is 14.5. The van der Waals surface area contributed by atoms with Crippen LogP contribution in [-0.4, -0.2) is 87.3 Å². The molecule has 4 aliphatic rings. The molecule has 1 aromatic carbocycles. The van der Waals surface area contributed by atoms with E-state index in [1.165, 1.54) is 16.2 Å². The third-order valence-corrected chi connectivity index (χ3v) is 11.2. The van der Waals surface area contributed by atoms with Gasteiger partial charge < -0.3 is 40.6 Å². The topological polar surface area (TPSA) is 195 Å². The smallest absolute Gasteiger partial charge is 0.408 e. The molecule has 0 bridgehead atoms. The van der Waals surface area contributed by atoms with Gasteiger partial charge in [-0.3, -0.25) is 9.59 Å². The summed E-state index contributed by atoms with van der Waals surface area (Å²) in [5.74, 6) is -1.44. The zero-order chi connectivity index (χ0) is 36.4. The maximum Gasteiger partial charge on any atom is 0.408 e. The van der Waals surface area contributed by atoms with Crippen LogP contribution in [0.25, 0.3) is 22.3 Å². The molecule has 1 saturated heterocycles. The highest BCUT2D eigenvalue weighted by molar-refractivity contribution is 7.13. The first-order chi connectivity index (χ1) is 25.1. The number of aliphatic carboxylic acids is 1. The number of rotatable bonds is 7. The van der Waals surface area contributed by atoms with Crippen LogP contribution in [0.3, 0.4) is 0 Å². The largest absolute Gasteiger partial charge is 0.497 e. The van der Waals surface area contributed by atoms with Crippen LogP contribution in [-0.2, 0) is 19.1 Å². The second kappa shape index (κ2) is 15.0. The SMILES string of the molecule is COc1ccc2c(O[C@@H]3CC4C(=O)N[C@]5(C(=O)O)C[C@H]5/C=C\CCCCC[C@@H](NC(=O)OC5CCCC5)C(=O)N4C3)cc(-c3csc(N)n3)nc2c1. The lowest BCUT2D eigenvalue weighted by atomic mass is 10.0. The predicted octanol–water partition coefficient (Wildman–Crippen LogP) is 4.81. The van der Waals surface area contributed by atoms with Gasteiger partial charge in [-0.25, -0.2) is 19.6 Å². The van der Waals surface area contributed by atoms with Crippen molar-refractivity contribution in [1.82, 2.24) is 25.5 Å². The molecule has 0 radical (unpaired) electrons. The number of ether oxygens (including phenoxy) is 3. The zero-order valence-electron chi connectivity index (χ0n) is 29.0. The summed E-state index contributed by atoms with van der Waals surface area (Å²) in [7, 11) is 1.57. The van der Waals surface area contributed by atoms with Gasteiger partial charge in [-0.1, -0.05) is 25.0 Å². The Morgan fingerprint density at radius 2 is 1.87 bits per heavy atom. The molecule has 2 aromatic heterocycles. The number of aromatic nitrogens is 2. The lowest BCUT2D eigenvalue weighted by Gasteiger charge is -2.29. The average molecular weight is 733 g/mol. The van der Waals surface area contributed by atoms with Gasteiger partial charge in [-0.05, 0) is 63.5 Å². The van der Waals surface area contributed by atoms with E-state index in [9.17, 15) is 24.3 Å². The molecule has 5 atom stereocenters. The molecule has 7 rings (SSSR count). The third kappa shape index (κ3) is 7.50. The fourth-order valence-corrected chi connectivity index (χ4v) is 8.15. The molecule has 2 aliphatic carbocycles. The lowest BCUT2D eigenvalue weighted by molar-refractivity contribution is -0.145. The molecular weight excluding hydrogens is 689 g/mol. The number of fused-ring (bicyclic) bond motifs is 3. The van der Waals surface area contributed by atoms with Crippen LogP contribution in [0.5, 0.6) is 11.5 Å². The van der Waals surface area contributed by atoms with Gasteiger partial charge in [0.05, 0.1) is 24.9 Å². The summed E-state index contributed by atoms with van der Waals surface area (Å²) in [6, 6.07) is 5.16. The van der Waals surface area contributed by atoms with E-state index in [-0.39, 0.29) is 31.4 Å². The van der Waals surface area contributed by atoms with Crippen molar-refractivity contribution in [2.75, 3.05) is 19.4 Å². The number of allylic oxidation sites excluding steroid dienone is 1. The van der Waals surface area contributed by atoms with Gasteiger partial charge >= 0.3 is 12.1 Å². The fourth-order valence-electron chi connectivity index (χ4n) is 7.60. The van der Waals surface area contributed by atoms with Crippen LogP contribution >= 0.6 is 11.3 Å². The second-order valence-electron chi connectivity index (χ2n) is 14.1. The number of carboxylic acid groups (broad SMARTS) is 1. The van der Waals surface area contributed by atoms with Crippen LogP contribution in [0.1, 0.15) is 70.6 Å². The van der Waals surface area contributed by atoms with Gasteiger partial charge in [0.25, 0.3) is 0 Å². The minimum Gasteiger partial charge on any atom is -0.497 e. The van der Waals surface area contributed by atoms with E-state index < -0.39 is 47.6 Å². The number of carbonyl (C=O) groups excluding carboxylic acids is 3. The number of nitrogens with zero attached hydrogens (tertiary/aromatic N) is 3. The van der Waals surface area contributed by atoms with Crippen molar-refractivity contribution in [3.05, 3.63) is 41.8 Å². The number of hydrogen-bond acceptors (Lipinski definition) is 11. The Bertz CT molecular complexity index is 1880. The summed E-state index contributed by atoms with van der Waals surface area (Å²) in [5.41, 5.74) is 6.15. The molecular formula is C37H44N6O8S. The molecule has 4 heterocycles. The number of alkyl carbamates (subject to hydrolysis) is 1. The van der Waals surface area contributed by atoms with Crippen molar-refractivity contribution in [2.45, 2.75) is 100 Å². The summed E-state index contributed by atoms with van der Waals surface area (Å²) in [6.45, 7) is 0.0229. The Balaban J connectivity index is 1.20. The van der Waals surface area contributed by atoms with E-state index >= 15 is 0 Å². The first kappa shape index (κ1) is 35.5. The summed E-state index contributed by atoms with van der Waals surface area (Å²) in [5, 5.41) is 18.7. The molecule has 5 N–H and O–H groups in total. The molecule has 3 amide bonds. The summed E-state index contributed by atoms with van der Waals surface area (Å²) in [6.07, 6.45) is 9.64. The highest BCUT2D eigenvalue weighted by Gasteiger charge is 2.61. The third-order valence-electron chi connectivity index (χ3n) is 10.5. The van der Waals surface area contributed by atoms with E-state index in [1.54, 1.807) is 30.7 Å². The van der Waals surface area contributed by atoms with Gasteiger partial charge in [-0.2, -0.15) is 0 Å². The molecule has 2 saturated carbocycles. The van der Waals surface area contributed by atoms with Gasteiger partial charge in [0.1, 0.15) is 47.0 Å². The van der Waals surface area contributed by atoms with E-state index in [1.807, 2.05) is 18.2 Å².